The number of nitrogens with two attached hydrogens (primary N) is 1. The monoisotopic (exact) mass is 337 g/mol. The summed E-state index contributed by atoms with van der Waals surface area (Å²) in [6, 6.07) is 5.02. The first-order valence-corrected chi connectivity index (χ1v) is 8.17. The number of likely N-dealkylation sites (tertiary alicyclic amines) is 1. The van der Waals surface area contributed by atoms with Gasteiger partial charge >= 0.3 is 0 Å². The minimum Gasteiger partial charge on any atom is -0.497 e. The van der Waals surface area contributed by atoms with Crippen LogP contribution in [0.1, 0.15) is 23.2 Å². The van der Waals surface area contributed by atoms with Gasteiger partial charge in [-0.05, 0) is 32.0 Å². The second-order valence-corrected chi connectivity index (χ2v) is 6.21. The number of nitrogens with one attached hydrogen (secondary N) is 1. The smallest absolute Gasteiger partial charge is 0.255 e. The highest BCUT2D eigenvalue weighted by Gasteiger charge is 2.31. The molecule has 1 aromatic rings. The average Bonchev–Trinajstić information content (AvgIpc) is 2.60. The van der Waals surface area contributed by atoms with Crippen LogP contribution >= 0.6 is 0 Å². The summed E-state index contributed by atoms with van der Waals surface area (Å²) >= 11 is 0. The number of nitrogens with zero attached hydrogens (tertiary/aromatic N) is 1. The van der Waals surface area contributed by atoms with Gasteiger partial charge in [-0.2, -0.15) is 0 Å². The number of hydrogen-bond donors (Lipinski definition) is 3. The Kier molecular flexibility index (Phi) is 6.42. The minimum absolute atomic E-state index is 0.224. The molecular formula is C17H27N3O4. The van der Waals surface area contributed by atoms with Crippen LogP contribution < -0.4 is 20.5 Å². The van der Waals surface area contributed by atoms with Crippen molar-refractivity contribution < 1.29 is 19.4 Å². The average molecular weight is 337 g/mol. The van der Waals surface area contributed by atoms with Crippen LogP contribution in [-0.2, 0) is 0 Å². The van der Waals surface area contributed by atoms with Gasteiger partial charge in [-0.25, -0.2) is 0 Å². The summed E-state index contributed by atoms with van der Waals surface area (Å²) in [5, 5.41) is 13.4. The minimum atomic E-state index is -0.854. The fraction of sp³-hybridized carbons (Fsp3) is 0.588. The molecule has 1 aromatic carbocycles. The van der Waals surface area contributed by atoms with Crippen LogP contribution in [0, 0.1) is 0 Å². The number of hydrogen-bond acceptors (Lipinski definition) is 6. The second kappa shape index (κ2) is 8.32. The van der Waals surface area contributed by atoms with Crippen LogP contribution in [0.25, 0.3) is 0 Å². The molecule has 1 fully saturated rings. The lowest BCUT2D eigenvalue weighted by atomic mass is 9.91. The van der Waals surface area contributed by atoms with Gasteiger partial charge in [0.2, 0.25) is 0 Å². The molecule has 1 saturated heterocycles. The van der Waals surface area contributed by atoms with Crippen molar-refractivity contribution in [1.82, 2.24) is 10.2 Å². The van der Waals surface area contributed by atoms with E-state index in [4.69, 9.17) is 15.2 Å². The molecule has 7 heteroatoms. The van der Waals surface area contributed by atoms with Crippen molar-refractivity contribution in [2.24, 2.45) is 5.73 Å². The van der Waals surface area contributed by atoms with Gasteiger partial charge in [-0.15, -0.1) is 0 Å². The lowest BCUT2D eigenvalue weighted by Gasteiger charge is -2.36. The zero-order valence-electron chi connectivity index (χ0n) is 14.4. The molecule has 24 heavy (non-hydrogen) atoms. The summed E-state index contributed by atoms with van der Waals surface area (Å²) in [7, 11) is 3.58. The predicted octanol–water partition coefficient (Wildman–Crippen LogP) is 0.219. The van der Waals surface area contributed by atoms with E-state index < -0.39 is 5.60 Å². The first kappa shape index (κ1) is 18.5. The highest BCUT2D eigenvalue weighted by atomic mass is 16.5. The second-order valence-electron chi connectivity index (χ2n) is 6.21. The lowest BCUT2D eigenvalue weighted by molar-refractivity contribution is -0.0135. The Balaban J connectivity index is 2.03. The van der Waals surface area contributed by atoms with Gasteiger partial charge in [0.15, 0.2) is 0 Å². The lowest BCUT2D eigenvalue weighted by Crippen LogP contribution is -2.50. The van der Waals surface area contributed by atoms with E-state index in [0.717, 1.165) is 13.1 Å². The van der Waals surface area contributed by atoms with Crippen LogP contribution in [0.4, 0.5) is 0 Å². The molecule has 1 heterocycles. The van der Waals surface area contributed by atoms with Gasteiger partial charge in [-0.3, -0.25) is 4.79 Å². The molecule has 1 aliphatic heterocycles. The van der Waals surface area contributed by atoms with Crippen molar-refractivity contribution in [3.63, 3.8) is 0 Å². The van der Waals surface area contributed by atoms with Gasteiger partial charge in [0.05, 0.1) is 18.3 Å². The highest BCUT2D eigenvalue weighted by molar-refractivity contribution is 5.97. The Hall–Kier alpha value is -1.83. The SMILES string of the molecule is COc1ccc(C(=O)NCC2(O)CCN(C)CC2)c(OCCN)c1. The Labute approximate surface area is 142 Å². The van der Waals surface area contributed by atoms with E-state index in [-0.39, 0.29) is 12.5 Å². The zero-order chi connectivity index (χ0) is 17.6. The first-order chi connectivity index (χ1) is 11.5. The van der Waals surface area contributed by atoms with Crippen molar-refractivity contribution in [2.45, 2.75) is 18.4 Å². The summed E-state index contributed by atoms with van der Waals surface area (Å²) in [6.07, 6.45) is 1.28. The molecule has 0 unspecified atom stereocenters. The molecule has 7 nitrogen and oxygen atoms in total. The van der Waals surface area contributed by atoms with E-state index >= 15 is 0 Å². The Morgan fingerprint density at radius 1 is 1.42 bits per heavy atom. The summed E-state index contributed by atoms with van der Waals surface area (Å²) in [5.74, 6) is 0.747. The molecular weight excluding hydrogens is 310 g/mol. The third-order valence-electron chi connectivity index (χ3n) is 4.30. The molecule has 0 aromatic heterocycles. The Morgan fingerprint density at radius 3 is 2.75 bits per heavy atom. The maximum absolute atomic E-state index is 12.5. The van der Waals surface area contributed by atoms with Crippen molar-refractivity contribution in [2.75, 3.05) is 46.9 Å². The molecule has 2 rings (SSSR count). The fourth-order valence-corrected chi connectivity index (χ4v) is 2.66. The van der Waals surface area contributed by atoms with Crippen LogP contribution in [0.2, 0.25) is 0 Å². The molecule has 1 aliphatic rings. The zero-order valence-corrected chi connectivity index (χ0v) is 14.4. The third-order valence-corrected chi connectivity index (χ3v) is 4.30. The quantitative estimate of drug-likeness (QED) is 0.658. The van der Waals surface area contributed by atoms with Crippen LogP contribution in [0.3, 0.4) is 0 Å². The number of carbonyl (C=O) groups is 1. The van der Waals surface area contributed by atoms with E-state index in [2.05, 4.69) is 10.2 Å². The maximum atomic E-state index is 12.5. The summed E-state index contributed by atoms with van der Waals surface area (Å²) in [5.41, 5.74) is 5.01. The normalized spacial score (nSPS) is 17.3. The van der Waals surface area contributed by atoms with E-state index in [1.165, 1.54) is 0 Å². The van der Waals surface area contributed by atoms with Gasteiger partial charge in [0, 0.05) is 32.2 Å². The number of amides is 1. The molecule has 4 N–H and O–H groups in total. The van der Waals surface area contributed by atoms with Crippen molar-refractivity contribution >= 4 is 5.91 Å². The summed E-state index contributed by atoms with van der Waals surface area (Å²) in [6.45, 7) is 2.52. The molecule has 134 valence electrons. The number of ether oxygens (including phenoxy) is 2. The van der Waals surface area contributed by atoms with Crippen LogP contribution in [0.15, 0.2) is 18.2 Å². The van der Waals surface area contributed by atoms with Crippen molar-refractivity contribution in [3.8, 4) is 11.5 Å². The van der Waals surface area contributed by atoms with Gasteiger partial charge in [-0.1, -0.05) is 0 Å². The van der Waals surface area contributed by atoms with Crippen LogP contribution in [0.5, 0.6) is 11.5 Å². The number of rotatable bonds is 7. The van der Waals surface area contributed by atoms with Crippen LogP contribution in [-0.4, -0.2) is 68.5 Å². The number of piperidine rings is 1. The fourth-order valence-electron chi connectivity index (χ4n) is 2.66. The molecule has 0 aliphatic carbocycles. The highest BCUT2D eigenvalue weighted by Crippen LogP contribution is 2.25. The number of benzene rings is 1. The summed E-state index contributed by atoms with van der Waals surface area (Å²) < 4.78 is 10.7. The topological polar surface area (TPSA) is 97.0 Å². The third kappa shape index (κ3) is 4.83. The van der Waals surface area contributed by atoms with E-state index in [9.17, 15) is 9.90 Å². The molecule has 0 saturated carbocycles. The number of methoxy groups -OCH3 is 1. The van der Waals surface area contributed by atoms with E-state index in [1.54, 1.807) is 25.3 Å². The van der Waals surface area contributed by atoms with Crippen molar-refractivity contribution in [1.29, 1.82) is 0 Å². The Morgan fingerprint density at radius 2 is 2.12 bits per heavy atom. The standard InChI is InChI=1S/C17H27N3O4/c1-20-8-5-17(22,6-9-20)12-19-16(21)14-4-3-13(23-2)11-15(14)24-10-7-18/h3-4,11,22H,5-10,12,18H2,1-2H3,(H,19,21). The van der Waals surface area contributed by atoms with E-state index in [1.807, 2.05) is 7.05 Å². The summed E-state index contributed by atoms with van der Waals surface area (Å²) in [4.78, 5) is 14.7. The molecule has 0 radical (unpaired) electrons. The molecule has 1 amide bonds. The van der Waals surface area contributed by atoms with Gasteiger partial charge in [0.1, 0.15) is 18.1 Å². The van der Waals surface area contributed by atoms with Crippen molar-refractivity contribution in [3.05, 3.63) is 23.8 Å². The van der Waals surface area contributed by atoms with E-state index in [0.29, 0.717) is 43.1 Å². The molecule has 0 atom stereocenters. The number of carbonyl (C=O) groups excluding carboxylic acids is 1. The molecule has 0 bridgehead atoms. The molecule has 0 spiro atoms. The number of aliphatic hydroxyl groups is 1. The first-order valence-electron chi connectivity index (χ1n) is 8.17. The van der Waals surface area contributed by atoms with Gasteiger partial charge < -0.3 is 30.5 Å². The van der Waals surface area contributed by atoms with Gasteiger partial charge in [0.25, 0.3) is 5.91 Å². The Bertz CT molecular complexity index is 557. The largest absolute Gasteiger partial charge is 0.497 e. The predicted molar refractivity (Wildman–Crippen MR) is 91.6 cm³/mol. The maximum Gasteiger partial charge on any atom is 0.255 e.